The van der Waals surface area contributed by atoms with Crippen LogP contribution >= 0.6 is 11.8 Å². The summed E-state index contributed by atoms with van der Waals surface area (Å²) in [7, 11) is 1.81. The van der Waals surface area contributed by atoms with Gasteiger partial charge in [-0.1, -0.05) is 29.5 Å². The van der Waals surface area contributed by atoms with Crippen LogP contribution in [0.1, 0.15) is 22.4 Å². The molecular formula is C28H29F3N4O5S. The van der Waals surface area contributed by atoms with E-state index in [1.54, 1.807) is 29.5 Å². The molecule has 2 aliphatic rings. The molecule has 0 spiro atoms. The highest BCUT2D eigenvalue weighted by atomic mass is 32.2. The molecule has 5 rings (SSSR count). The lowest BCUT2D eigenvalue weighted by Gasteiger charge is -2.44. The molecule has 13 heteroatoms. The Kier molecular flexibility index (Phi) is 8.28. The Morgan fingerprint density at radius 2 is 1.73 bits per heavy atom. The van der Waals surface area contributed by atoms with E-state index < -0.39 is 64.7 Å². The van der Waals surface area contributed by atoms with E-state index in [-0.39, 0.29) is 11.3 Å². The Labute approximate surface area is 238 Å². The van der Waals surface area contributed by atoms with Gasteiger partial charge in [-0.2, -0.15) is 0 Å². The first-order valence-corrected chi connectivity index (χ1v) is 13.7. The monoisotopic (exact) mass is 590 g/mol. The fourth-order valence-corrected chi connectivity index (χ4v) is 6.53. The summed E-state index contributed by atoms with van der Waals surface area (Å²) in [5, 5.41) is 51.4. The van der Waals surface area contributed by atoms with Gasteiger partial charge in [-0.3, -0.25) is 0 Å². The Hall–Kier alpha value is -3.20. The first kappa shape index (κ1) is 29.3. The van der Waals surface area contributed by atoms with Crippen LogP contribution in [0.4, 0.5) is 13.2 Å². The number of aromatic nitrogens is 3. The van der Waals surface area contributed by atoms with E-state index in [4.69, 9.17) is 4.74 Å². The number of ether oxygens (including phenoxy) is 1. The molecule has 4 N–H and O–H groups in total. The number of rotatable bonds is 7. The van der Waals surface area contributed by atoms with Gasteiger partial charge >= 0.3 is 0 Å². The van der Waals surface area contributed by atoms with Gasteiger partial charge in [0.1, 0.15) is 41.1 Å². The van der Waals surface area contributed by atoms with Crippen LogP contribution in [-0.2, 0) is 4.74 Å². The molecule has 2 aromatic carbocycles. The zero-order valence-electron chi connectivity index (χ0n) is 22.1. The summed E-state index contributed by atoms with van der Waals surface area (Å²) in [6.45, 7) is 1.30. The number of nitrogens with zero attached hydrogens (tertiary/aromatic N) is 4. The molecule has 0 unspecified atom stereocenters. The van der Waals surface area contributed by atoms with Crippen LogP contribution in [0.3, 0.4) is 0 Å². The van der Waals surface area contributed by atoms with Crippen molar-refractivity contribution in [1.82, 2.24) is 19.9 Å². The average molecular weight is 591 g/mol. The molecule has 1 fully saturated rings. The molecule has 0 amide bonds. The second kappa shape index (κ2) is 11.6. The van der Waals surface area contributed by atoms with Crippen molar-refractivity contribution in [3.8, 4) is 11.3 Å². The molecule has 6 atom stereocenters. The highest BCUT2D eigenvalue weighted by Gasteiger charge is 2.49. The minimum Gasteiger partial charge on any atom is -0.394 e. The second-order valence-electron chi connectivity index (χ2n) is 10.1. The SMILES string of the molecule is Cc1ccccc1[C@@H](S[C@@H]1O[C@H](CO)[C@H](O)[C@H](n2cc(-c3cc(F)c(F)c(F)c3)nn2)[C@H]1O)C1(O)C=CN(C)C=C1. The maximum atomic E-state index is 13.8. The molecule has 1 saturated heterocycles. The highest BCUT2D eigenvalue weighted by molar-refractivity contribution is 8.00. The van der Waals surface area contributed by atoms with E-state index in [1.165, 1.54) is 6.20 Å². The number of thioether (sulfide) groups is 1. The number of aliphatic hydroxyl groups excluding tert-OH is 3. The Balaban J connectivity index is 1.49. The predicted molar refractivity (Wildman–Crippen MR) is 145 cm³/mol. The molecule has 9 nitrogen and oxygen atoms in total. The van der Waals surface area contributed by atoms with Crippen molar-refractivity contribution in [2.75, 3.05) is 13.7 Å². The zero-order valence-corrected chi connectivity index (χ0v) is 22.9. The third-order valence-corrected chi connectivity index (χ3v) is 8.82. The third-order valence-electron chi connectivity index (χ3n) is 7.26. The minimum atomic E-state index is -1.62. The number of aliphatic hydroxyl groups is 4. The van der Waals surface area contributed by atoms with E-state index in [1.807, 2.05) is 38.2 Å². The van der Waals surface area contributed by atoms with Gasteiger partial charge in [0.2, 0.25) is 0 Å². The molecule has 0 aliphatic carbocycles. The van der Waals surface area contributed by atoms with E-state index in [0.717, 1.165) is 39.7 Å². The van der Waals surface area contributed by atoms with Gasteiger partial charge in [0.05, 0.1) is 18.1 Å². The van der Waals surface area contributed by atoms with Crippen LogP contribution in [0.2, 0.25) is 0 Å². The minimum absolute atomic E-state index is 0.0351. The number of benzene rings is 2. The molecular weight excluding hydrogens is 561 g/mol. The number of hydrogen-bond acceptors (Lipinski definition) is 9. The van der Waals surface area contributed by atoms with Gasteiger partial charge in [-0.15, -0.1) is 16.9 Å². The van der Waals surface area contributed by atoms with Gasteiger partial charge in [-0.25, -0.2) is 17.9 Å². The van der Waals surface area contributed by atoms with Crippen LogP contribution in [0.5, 0.6) is 0 Å². The topological polar surface area (TPSA) is 124 Å². The summed E-state index contributed by atoms with van der Waals surface area (Å²) in [6, 6.07) is 7.77. The van der Waals surface area contributed by atoms with Crippen molar-refractivity contribution in [2.45, 2.75) is 47.6 Å². The Morgan fingerprint density at radius 1 is 1.07 bits per heavy atom. The maximum absolute atomic E-state index is 13.8. The van der Waals surface area contributed by atoms with Gasteiger partial charge in [-0.05, 0) is 42.3 Å². The first-order valence-electron chi connectivity index (χ1n) is 12.8. The van der Waals surface area contributed by atoms with Crippen LogP contribution in [-0.4, -0.2) is 83.3 Å². The summed E-state index contributed by atoms with van der Waals surface area (Å²) in [6.07, 6.45) is 3.90. The third kappa shape index (κ3) is 5.65. The smallest absolute Gasteiger partial charge is 0.194 e. The highest BCUT2D eigenvalue weighted by Crippen LogP contribution is 2.48. The van der Waals surface area contributed by atoms with Crippen LogP contribution in [0.15, 0.2) is 67.1 Å². The summed E-state index contributed by atoms with van der Waals surface area (Å²) in [5.74, 6) is -4.44. The standard InChI is InChI=1S/C28H29F3N4O5S/c1-15-5-3-4-6-17(15)26(28(39)7-9-34(2)10-8-28)41-27-25(38)23(24(37)21(14-36)40-27)35-13-20(32-33-35)16-11-18(29)22(31)19(30)12-16/h3-13,21,23-27,36-39H,14H2,1-2H3/t21-,23+,24+,25-,26-,27+/m1/s1. The van der Waals surface area contributed by atoms with E-state index >= 15 is 0 Å². The lowest BCUT2D eigenvalue weighted by atomic mass is 9.90. The quantitative estimate of drug-likeness (QED) is 0.308. The van der Waals surface area contributed by atoms with Crippen LogP contribution in [0.25, 0.3) is 11.3 Å². The van der Waals surface area contributed by atoms with Gasteiger partial charge in [0.25, 0.3) is 0 Å². The summed E-state index contributed by atoms with van der Waals surface area (Å²) >= 11 is 1.11. The number of hydrogen-bond donors (Lipinski definition) is 4. The van der Waals surface area contributed by atoms with Crippen molar-refractivity contribution >= 4 is 11.8 Å². The van der Waals surface area contributed by atoms with Gasteiger partial charge in [0, 0.05) is 25.0 Å². The fraction of sp³-hybridized carbons (Fsp3) is 0.357. The second-order valence-corrected chi connectivity index (χ2v) is 11.3. The summed E-state index contributed by atoms with van der Waals surface area (Å²) in [5.41, 5.74) is -1.03. The van der Waals surface area contributed by atoms with E-state index in [0.29, 0.717) is 0 Å². The molecule has 218 valence electrons. The van der Waals surface area contributed by atoms with Crippen molar-refractivity contribution in [3.05, 3.63) is 95.7 Å². The van der Waals surface area contributed by atoms with E-state index in [2.05, 4.69) is 10.3 Å². The van der Waals surface area contributed by atoms with Crippen molar-refractivity contribution < 1.29 is 38.3 Å². The number of halogens is 3. The van der Waals surface area contributed by atoms with Gasteiger partial charge in [0.15, 0.2) is 17.5 Å². The van der Waals surface area contributed by atoms with E-state index in [9.17, 15) is 33.6 Å². The molecule has 1 aromatic heterocycles. The van der Waals surface area contributed by atoms with Crippen LogP contribution < -0.4 is 0 Å². The summed E-state index contributed by atoms with van der Waals surface area (Å²) in [4.78, 5) is 1.77. The first-order chi connectivity index (χ1) is 19.5. The van der Waals surface area contributed by atoms with Crippen molar-refractivity contribution in [1.29, 1.82) is 0 Å². The van der Waals surface area contributed by atoms with Crippen molar-refractivity contribution in [2.24, 2.45) is 0 Å². The maximum Gasteiger partial charge on any atom is 0.194 e. The molecule has 0 radical (unpaired) electrons. The van der Waals surface area contributed by atoms with Gasteiger partial charge < -0.3 is 30.1 Å². The molecule has 3 heterocycles. The molecule has 0 bridgehead atoms. The molecule has 0 saturated carbocycles. The molecule has 2 aliphatic heterocycles. The Morgan fingerprint density at radius 3 is 2.37 bits per heavy atom. The van der Waals surface area contributed by atoms with Crippen molar-refractivity contribution in [3.63, 3.8) is 0 Å². The lowest BCUT2D eigenvalue weighted by molar-refractivity contribution is -0.178. The number of aryl methyl sites for hydroxylation is 1. The average Bonchev–Trinajstić information content (AvgIpc) is 3.43. The molecule has 41 heavy (non-hydrogen) atoms. The van der Waals surface area contributed by atoms with Crippen LogP contribution in [0, 0.1) is 24.4 Å². The Bertz CT molecular complexity index is 1430. The largest absolute Gasteiger partial charge is 0.394 e. The summed E-state index contributed by atoms with van der Waals surface area (Å²) < 4.78 is 48.2. The molecule has 3 aromatic rings. The fourth-order valence-electron chi connectivity index (χ4n) is 4.95. The lowest BCUT2D eigenvalue weighted by Crippen LogP contribution is -2.55. The zero-order chi connectivity index (χ0) is 29.5. The predicted octanol–water partition coefficient (Wildman–Crippen LogP) is 2.83. The normalized spacial score (nSPS) is 26.4.